The number of amides is 1. The lowest BCUT2D eigenvalue weighted by Crippen LogP contribution is -2.48. The molecule has 2 N–H and O–H groups in total. The fourth-order valence-corrected chi connectivity index (χ4v) is 2.40. The van der Waals surface area contributed by atoms with Gasteiger partial charge in [-0.1, -0.05) is 24.3 Å². The minimum atomic E-state index is -1.02. The Balaban J connectivity index is 1.96. The highest BCUT2D eigenvalue weighted by atomic mass is 16.4. The summed E-state index contributed by atoms with van der Waals surface area (Å²) in [6.45, 7) is 0.257. The number of carboxylic acid groups (broad SMARTS) is 1. The maximum Gasteiger partial charge on any atom is 0.326 e. The number of carbonyl (C=O) groups is 2. The molecule has 0 fully saturated rings. The number of hydrogen-bond acceptors (Lipinski definition) is 4. The van der Waals surface area contributed by atoms with Crippen molar-refractivity contribution < 1.29 is 14.7 Å². The topological polar surface area (TPSA) is 99.2 Å². The van der Waals surface area contributed by atoms with Crippen LogP contribution in [0.3, 0.4) is 0 Å². The fourth-order valence-electron chi connectivity index (χ4n) is 2.40. The molecule has 7 nitrogen and oxygen atoms in total. The lowest BCUT2D eigenvalue weighted by atomic mass is 9.94. The van der Waals surface area contributed by atoms with Crippen LogP contribution in [0.1, 0.15) is 21.7 Å². The van der Waals surface area contributed by atoms with Gasteiger partial charge in [0, 0.05) is 13.0 Å². The monoisotopic (exact) mass is 272 g/mol. The number of rotatable bonds is 2. The van der Waals surface area contributed by atoms with Crippen LogP contribution in [-0.4, -0.2) is 43.1 Å². The van der Waals surface area contributed by atoms with Crippen LogP contribution in [0.15, 0.2) is 30.6 Å². The zero-order valence-electron chi connectivity index (χ0n) is 10.5. The fraction of sp³-hybridized carbons (Fsp3) is 0.231. The summed E-state index contributed by atoms with van der Waals surface area (Å²) in [5.74, 6) is -1.42. The first-order valence-corrected chi connectivity index (χ1v) is 6.12. The van der Waals surface area contributed by atoms with Gasteiger partial charge in [-0.05, 0) is 11.1 Å². The van der Waals surface area contributed by atoms with E-state index < -0.39 is 17.9 Å². The molecular weight excluding hydrogens is 260 g/mol. The number of aliphatic carboxylic acids is 1. The number of carboxylic acids is 1. The Morgan fingerprint density at radius 2 is 2.05 bits per heavy atom. The van der Waals surface area contributed by atoms with E-state index in [0.717, 1.165) is 11.1 Å². The smallest absolute Gasteiger partial charge is 0.326 e. The van der Waals surface area contributed by atoms with Crippen molar-refractivity contribution in [2.24, 2.45) is 0 Å². The molecule has 3 rings (SSSR count). The molecule has 2 aromatic rings. The number of hydrogen-bond donors (Lipinski definition) is 2. The van der Waals surface area contributed by atoms with E-state index in [1.807, 2.05) is 24.3 Å². The molecule has 0 bridgehead atoms. The molecule has 1 amide bonds. The summed E-state index contributed by atoms with van der Waals surface area (Å²) in [7, 11) is 0. The number of benzene rings is 1. The van der Waals surface area contributed by atoms with Crippen molar-refractivity contribution in [3.8, 4) is 0 Å². The third-order valence-electron chi connectivity index (χ3n) is 3.41. The zero-order valence-corrected chi connectivity index (χ0v) is 10.5. The standard InChI is InChI=1S/C13H12N4O3/c18-12(11-14-7-15-16-11)17-6-9-4-2-1-3-8(9)5-10(17)13(19)20/h1-4,7,10H,5-6H2,(H,19,20)(H,14,15,16). The summed E-state index contributed by atoms with van der Waals surface area (Å²) >= 11 is 0. The van der Waals surface area contributed by atoms with Crippen molar-refractivity contribution in [1.82, 2.24) is 20.1 Å². The van der Waals surface area contributed by atoms with E-state index in [4.69, 9.17) is 0 Å². The summed E-state index contributed by atoms with van der Waals surface area (Å²) < 4.78 is 0. The van der Waals surface area contributed by atoms with E-state index in [-0.39, 0.29) is 12.4 Å². The van der Waals surface area contributed by atoms with Gasteiger partial charge in [0.2, 0.25) is 5.82 Å². The molecule has 0 saturated heterocycles. The summed E-state index contributed by atoms with van der Waals surface area (Å²) in [6.07, 6.45) is 1.52. The van der Waals surface area contributed by atoms with Crippen LogP contribution < -0.4 is 0 Å². The SMILES string of the molecule is O=C(O)C1Cc2ccccc2CN1C(=O)c1ncn[nH]1. The van der Waals surface area contributed by atoms with E-state index in [1.54, 1.807) is 0 Å². The predicted octanol–water partition coefficient (Wildman–Crippen LogP) is 0.456. The van der Waals surface area contributed by atoms with Crippen molar-refractivity contribution in [3.63, 3.8) is 0 Å². The van der Waals surface area contributed by atoms with Crippen LogP contribution in [0.4, 0.5) is 0 Å². The van der Waals surface area contributed by atoms with Crippen LogP contribution in [0.2, 0.25) is 0 Å². The second-order valence-corrected chi connectivity index (χ2v) is 4.59. The van der Waals surface area contributed by atoms with Gasteiger partial charge in [0.1, 0.15) is 12.4 Å². The average molecular weight is 272 g/mol. The Bertz CT molecular complexity index is 653. The average Bonchev–Trinajstić information content (AvgIpc) is 2.99. The lowest BCUT2D eigenvalue weighted by molar-refractivity contribution is -0.142. The van der Waals surface area contributed by atoms with E-state index >= 15 is 0 Å². The minimum Gasteiger partial charge on any atom is -0.480 e. The van der Waals surface area contributed by atoms with Crippen LogP contribution in [0.25, 0.3) is 0 Å². The number of aromatic amines is 1. The van der Waals surface area contributed by atoms with E-state index in [2.05, 4.69) is 15.2 Å². The Kier molecular flexibility index (Phi) is 2.94. The Morgan fingerprint density at radius 1 is 1.30 bits per heavy atom. The molecule has 20 heavy (non-hydrogen) atoms. The molecule has 2 heterocycles. The van der Waals surface area contributed by atoms with Gasteiger partial charge in [0.15, 0.2) is 0 Å². The molecule has 1 atom stereocenters. The van der Waals surface area contributed by atoms with Gasteiger partial charge in [-0.3, -0.25) is 9.89 Å². The third-order valence-corrected chi connectivity index (χ3v) is 3.41. The number of H-pyrrole nitrogens is 1. The Morgan fingerprint density at radius 3 is 2.70 bits per heavy atom. The number of aromatic nitrogens is 3. The van der Waals surface area contributed by atoms with Gasteiger partial charge in [0.25, 0.3) is 5.91 Å². The molecule has 0 spiro atoms. The second kappa shape index (κ2) is 4.76. The first kappa shape index (κ1) is 12.3. The van der Waals surface area contributed by atoms with Gasteiger partial charge in [0.05, 0.1) is 0 Å². The van der Waals surface area contributed by atoms with Crippen LogP contribution in [-0.2, 0) is 17.8 Å². The molecule has 1 aliphatic heterocycles. The van der Waals surface area contributed by atoms with Crippen LogP contribution >= 0.6 is 0 Å². The van der Waals surface area contributed by atoms with E-state index in [9.17, 15) is 14.7 Å². The van der Waals surface area contributed by atoms with Crippen molar-refractivity contribution in [3.05, 3.63) is 47.5 Å². The molecule has 0 radical (unpaired) electrons. The highest BCUT2D eigenvalue weighted by Gasteiger charge is 2.35. The quantitative estimate of drug-likeness (QED) is 0.827. The van der Waals surface area contributed by atoms with Gasteiger partial charge >= 0.3 is 5.97 Å². The molecule has 7 heteroatoms. The van der Waals surface area contributed by atoms with Gasteiger partial charge in [-0.25, -0.2) is 9.78 Å². The van der Waals surface area contributed by atoms with Crippen LogP contribution in [0, 0.1) is 0 Å². The van der Waals surface area contributed by atoms with Gasteiger partial charge < -0.3 is 10.0 Å². The minimum absolute atomic E-state index is 0.0515. The number of carbonyl (C=O) groups excluding carboxylic acids is 1. The highest BCUT2D eigenvalue weighted by Crippen LogP contribution is 2.24. The largest absolute Gasteiger partial charge is 0.480 e. The second-order valence-electron chi connectivity index (χ2n) is 4.59. The first-order chi connectivity index (χ1) is 9.66. The van der Waals surface area contributed by atoms with Crippen molar-refractivity contribution >= 4 is 11.9 Å². The maximum absolute atomic E-state index is 12.3. The predicted molar refractivity (Wildman–Crippen MR) is 67.8 cm³/mol. The number of nitrogens with one attached hydrogen (secondary N) is 1. The zero-order chi connectivity index (χ0) is 14.1. The van der Waals surface area contributed by atoms with Crippen molar-refractivity contribution in [2.45, 2.75) is 19.0 Å². The summed E-state index contributed by atoms with van der Waals surface area (Å²) in [6, 6.07) is 6.64. The Hall–Kier alpha value is -2.70. The van der Waals surface area contributed by atoms with Gasteiger partial charge in [-0.2, -0.15) is 5.10 Å². The molecule has 1 aromatic heterocycles. The normalized spacial score (nSPS) is 17.6. The molecule has 1 aromatic carbocycles. The Labute approximate surface area is 114 Å². The molecule has 1 aliphatic rings. The summed E-state index contributed by atoms with van der Waals surface area (Å²) in [5.41, 5.74) is 1.92. The molecule has 0 aliphatic carbocycles. The molecule has 102 valence electrons. The lowest BCUT2D eigenvalue weighted by Gasteiger charge is -2.33. The number of fused-ring (bicyclic) bond motifs is 1. The third kappa shape index (κ3) is 2.03. The van der Waals surface area contributed by atoms with Crippen molar-refractivity contribution in [2.75, 3.05) is 0 Å². The van der Waals surface area contributed by atoms with Crippen molar-refractivity contribution in [1.29, 1.82) is 0 Å². The highest BCUT2D eigenvalue weighted by molar-refractivity contribution is 5.93. The van der Waals surface area contributed by atoms with Gasteiger partial charge in [-0.15, -0.1) is 0 Å². The van der Waals surface area contributed by atoms with E-state index in [1.165, 1.54) is 11.2 Å². The van der Waals surface area contributed by atoms with E-state index in [0.29, 0.717) is 6.42 Å². The maximum atomic E-state index is 12.3. The number of nitrogens with zero attached hydrogens (tertiary/aromatic N) is 3. The molecule has 1 unspecified atom stereocenters. The summed E-state index contributed by atoms with van der Waals surface area (Å²) in [5, 5.41) is 15.4. The molecule has 0 saturated carbocycles. The van der Waals surface area contributed by atoms with Crippen LogP contribution in [0.5, 0.6) is 0 Å². The molecular formula is C13H12N4O3. The first-order valence-electron chi connectivity index (χ1n) is 6.12. The summed E-state index contributed by atoms with van der Waals surface area (Å²) in [4.78, 5) is 28.8.